The van der Waals surface area contributed by atoms with E-state index in [0.29, 0.717) is 11.8 Å². The average molecular weight is 476 g/mol. The molecule has 3 rings (SSSR count). The maximum absolute atomic E-state index is 12.9. The molecule has 0 unspecified atom stereocenters. The highest BCUT2D eigenvalue weighted by Gasteiger charge is 2.34. The molecule has 1 saturated heterocycles. The third-order valence-corrected chi connectivity index (χ3v) is 6.98. The minimum absolute atomic E-state index is 0.0177. The fourth-order valence-electron chi connectivity index (χ4n) is 3.41. The van der Waals surface area contributed by atoms with E-state index >= 15 is 0 Å². The molecule has 1 aromatic carbocycles. The van der Waals surface area contributed by atoms with Crippen LogP contribution in [0.25, 0.3) is 0 Å². The molecule has 9 nitrogen and oxygen atoms in total. The third kappa shape index (κ3) is 5.40. The monoisotopic (exact) mass is 476 g/mol. The number of piperazine rings is 1. The van der Waals surface area contributed by atoms with E-state index in [9.17, 15) is 31.2 Å². The first-order valence-corrected chi connectivity index (χ1v) is 11.3. The normalized spacial score (nSPS) is 18.8. The standard InChI is InChI=1S/C19H23F3N4O5S/c1-2-31-17(27)15-11-23-18(28)24-16(15)12-25-6-8-26(9-7-25)32(29,30)14-5-3-4-13(10-14)19(20,21)22/h3-5,10H,2,6-9,11-12H2,1H3,(H2,23,24,28). The Morgan fingerprint density at radius 3 is 2.50 bits per heavy atom. The number of nitrogens with zero attached hydrogens (tertiary/aromatic N) is 2. The number of urea groups is 1. The molecule has 2 N–H and O–H groups in total. The molecule has 2 heterocycles. The molecule has 0 radical (unpaired) electrons. The number of halogens is 3. The van der Waals surface area contributed by atoms with Crippen molar-refractivity contribution in [2.24, 2.45) is 0 Å². The lowest BCUT2D eigenvalue weighted by atomic mass is 10.1. The van der Waals surface area contributed by atoms with Gasteiger partial charge in [-0.2, -0.15) is 17.5 Å². The van der Waals surface area contributed by atoms with Gasteiger partial charge in [0.15, 0.2) is 0 Å². The molecular weight excluding hydrogens is 453 g/mol. The van der Waals surface area contributed by atoms with E-state index in [1.807, 2.05) is 4.90 Å². The summed E-state index contributed by atoms with van der Waals surface area (Å²) in [6, 6.07) is 3.19. The predicted molar refractivity (Wildman–Crippen MR) is 107 cm³/mol. The Balaban J connectivity index is 1.69. The van der Waals surface area contributed by atoms with Gasteiger partial charge in [-0.1, -0.05) is 6.07 Å². The van der Waals surface area contributed by atoms with Gasteiger partial charge in [0, 0.05) is 38.4 Å². The topological polar surface area (TPSA) is 108 Å². The summed E-state index contributed by atoms with van der Waals surface area (Å²) in [7, 11) is -4.10. The van der Waals surface area contributed by atoms with Gasteiger partial charge in [-0.25, -0.2) is 18.0 Å². The lowest BCUT2D eigenvalue weighted by Gasteiger charge is -2.35. The maximum Gasteiger partial charge on any atom is 0.416 e. The van der Waals surface area contributed by atoms with Crippen LogP contribution in [0, 0.1) is 0 Å². The average Bonchev–Trinajstić information content (AvgIpc) is 2.74. The number of rotatable bonds is 6. The van der Waals surface area contributed by atoms with Crippen molar-refractivity contribution in [1.82, 2.24) is 19.8 Å². The van der Waals surface area contributed by atoms with E-state index in [4.69, 9.17) is 4.74 Å². The zero-order chi connectivity index (χ0) is 23.5. The molecule has 2 aliphatic rings. The first-order chi connectivity index (χ1) is 15.0. The number of ether oxygens (including phenoxy) is 1. The van der Waals surface area contributed by atoms with Gasteiger partial charge in [-0.3, -0.25) is 4.90 Å². The summed E-state index contributed by atoms with van der Waals surface area (Å²) < 4.78 is 70.6. The number of sulfonamides is 1. The second-order valence-corrected chi connectivity index (χ2v) is 9.13. The summed E-state index contributed by atoms with van der Waals surface area (Å²) in [6.45, 7) is 2.68. The highest BCUT2D eigenvalue weighted by Crippen LogP contribution is 2.31. The fourth-order valence-corrected chi connectivity index (χ4v) is 4.88. The first kappa shape index (κ1) is 24.0. The van der Waals surface area contributed by atoms with Crippen LogP contribution in [0.15, 0.2) is 40.4 Å². The Hall–Kier alpha value is -2.64. The second kappa shape index (κ2) is 9.46. The molecular formula is C19H23F3N4O5S. The number of hydrogen-bond donors (Lipinski definition) is 2. The van der Waals surface area contributed by atoms with Crippen molar-refractivity contribution in [3.8, 4) is 0 Å². The number of amides is 2. The number of carbonyl (C=O) groups excluding carboxylic acids is 2. The molecule has 0 saturated carbocycles. The van der Waals surface area contributed by atoms with Crippen LogP contribution < -0.4 is 10.6 Å². The predicted octanol–water partition coefficient (Wildman–Crippen LogP) is 1.14. The van der Waals surface area contributed by atoms with Gasteiger partial charge >= 0.3 is 18.2 Å². The van der Waals surface area contributed by atoms with Crippen molar-refractivity contribution in [1.29, 1.82) is 0 Å². The lowest BCUT2D eigenvalue weighted by molar-refractivity contribution is -0.139. The van der Waals surface area contributed by atoms with Crippen LogP contribution in [-0.2, 0) is 25.7 Å². The number of alkyl halides is 3. The molecule has 0 aliphatic carbocycles. The number of nitrogens with one attached hydrogen (secondary N) is 2. The van der Waals surface area contributed by atoms with Crippen LogP contribution in [0.5, 0.6) is 0 Å². The molecule has 1 aromatic rings. The van der Waals surface area contributed by atoms with Gasteiger partial charge < -0.3 is 15.4 Å². The molecule has 176 valence electrons. The van der Waals surface area contributed by atoms with Crippen LogP contribution in [0.1, 0.15) is 12.5 Å². The van der Waals surface area contributed by atoms with Gasteiger partial charge in [-0.05, 0) is 25.1 Å². The molecule has 0 bridgehead atoms. The fraction of sp³-hybridized carbons (Fsp3) is 0.474. The van der Waals surface area contributed by atoms with Crippen molar-refractivity contribution < 1.29 is 35.9 Å². The summed E-state index contributed by atoms with van der Waals surface area (Å²) in [5.74, 6) is -0.555. The van der Waals surface area contributed by atoms with Crippen molar-refractivity contribution in [3.05, 3.63) is 41.1 Å². The van der Waals surface area contributed by atoms with Crippen molar-refractivity contribution >= 4 is 22.0 Å². The van der Waals surface area contributed by atoms with Gasteiger partial charge in [0.05, 0.1) is 29.2 Å². The molecule has 2 aliphatic heterocycles. The summed E-state index contributed by atoms with van der Waals surface area (Å²) in [5.41, 5.74) is -0.371. The Bertz CT molecular complexity index is 1020. The van der Waals surface area contributed by atoms with Gasteiger partial charge in [0.1, 0.15) is 0 Å². The molecule has 1 fully saturated rings. The minimum Gasteiger partial charge on any atom is -0.463 e. The first-order valence-electron chi connectivity index (χ1n) is 9.86. The summed E-state index contributed by atoms with van der Waals surface area (Å²) >= 11 is 0. The van der Waals surface area contributed by atoms with Crippen LogP contribution in [0.3, 0.4) is 0 Å². The summed E-state index contributed by atoms with van der Waals surface area (Å²) in [5, 5.41) is 5.09. The van der Waals surface area contributed by atoms with E-state index in [1.165, 1.54) is 0 Å². The second-order valence-electron chi connectivity index (χ2n) is 7.19. The highest BCUT2D eigenvalue weighted by atomic mass is 32.2. The minimum atomic E-state index is -4.64. The van der Waals surface area contributed by atoms with E-state index in [1.54, 1.807) is 6.92 Å². The molecule has 32 heavy (non-hydrogen) atoms. The highest BCUT2D eigenvalue weighted by molar-refractivity contribution is 7.89. The van der Waals surface area contributed by atoms with Crippen LogP contribution in [0.4, 0.5) is 18.0 Å². The summed E-state index contributed by atoms with van der Waals surface area (Å²) in [6.07, 6.45) is -4.64. The summed E-state index contributed by atoms with van der Waals surface area (Å²) in [4.78, 5) is 25.3. The Morgan fingerprint density at radius 1 is 1.19 bits per heavy atom. The molecule has 13 heteroatoms. The molecule has 0 aromatic heterocycles. The number of carbonyl (C=O) groups is 2. The van der Waals surface area contributed by atoms with Gasteiger partial charge in [-0.15, -0.1) is 0 Å². The van der Waals surface area contributed by atoms with Crippen LogP contribution >= 0.6 is 0 Å². The van der Waals surface area contributed by atoms with Crippen LogP contribution in [-0.4, -0.2) is 75.5 Å². The SMILES string of the molecule is CCOC(=O)C1=C(CN2CCN(S(=O)(=O)c3cccc(C(F)(F)F)c3)CC2)NC(=O)NC1. The number of esters is 1. The largest absolute Gasteiger partial charge is 0.463 e. The Labute approximate surface area is 183 Å². The zero-order valence-corrected chi connectivity index (χ0v) is 18.1. The van der Waals surface area contributed by atoms with Gasteiger partial charge in [0.25, 0.3) is 0 Å². The Morgan fingerprint density at radius 2 is 1.88 bits per heavy atom. The lowest BCUT2D eigenvalue weighted by Crippen LogP contribution is -2.52. The van der Waals surface area contributed by atoms with E-state index < -0.39 is 38.7 Å². The third-order valence-electron chi connectivity index (χ3n) is 5.09. The van der Waals surface area contributed by atoms with E-state index in [2.05, 4.69) is 10.6 Å². The van der Waals surface area contributed by atoms with E-state index in [0.717, 1.165) is 22.5 Å². The van der Waals surface area contributed by atoms with Crippen LogP contribution in [0.2, 0.25) is 0 Å². The molecule has 2 amide bonds. The number of hydrogen-bond acceptors (Lipinski definition) is 6. The van der Waals surface area contributed by atoms with Gasteiger partial charge in [0.2, 0.25) is 10.0 Å². The molecule has 0 atom stereocenters. The quantitative estimate of drug-likeness (QED) is 0.597. The van der Waals surface area contributed by atoms with Crippen molar-refractivity contribution in [3.63, 3.8) is 0 Å². The van der Waals surface area contributed by atoms with Crippen molar-refractivity contribution in [2.45, 2.75) is 18.0 Å². The smallest absolute Gasteiger partial charge is 0.416 e. The number of benzene rings is 1. The molecule has 0 spiro atoms. The Kier molecular flexibility index (Phi) is 7.10. The maximum atomic E-state index is 12.9. The van der Waals surface area contributed by atoms with E-state index in [-0.39, 0.29) is 51.4 Å². The zero-order valence-electron chi connectivity index (χ0n) is 17.2. The van der Waals surface area contributed by atoms with Crippen molar-refractivity contribution in [2.75, 3.05) is 45.9 Å².